The van der Waals surface area contributed by atoms with Gasteiger partial charge in [-0.2, -0.15) is 5.26 Å². The first-order valence-corrected chi connectivity index (χ1v) is 16.1. The highest BCUT2D eigenvalue weighted by atomic mass is 16.7. The maximum absolute atomic E-state index is 13.3. The first kappa shape index (κ1) is 32.4. The minimum atomic E-state index is -0.622. The number of hydrogen-bond acceptors (Lipinski definition) is 7. The second-order valence-corrected chi connectivity index (χ2v) is 14.9. The van der Waals surface area contributed by atoms with Gasteiger partial charge >= 0.3 is 13.2 Å². The van der Waals surface area contributed by atoms with Crippen molar-refractivity contribution in [2.75, 3.05) is 20.3 Å². The number of ether oxygens (including phenoxy) is 2. The van der Waals surface area contributed by atoms with Crippen LogP contribution in [0.5, 0.6) is 5.75 Å². The number of rotatable bonds is 8. The highest BCUT2D eigenvalue weighted by molar-refractivity contribution is 6.47. The molecule has 2 aliphatic heterocycles. The van der Waals surface area contributed by atoms with E-state index < -0.39 is 24.8 Å². The lowest BCUT2D eigenvalue weighted by molar-refractivity contribution is -0.199. The summed E-state index contributed by atoms with van der Waals surface area (Å²) in [7, 11) is 1.01. The standard InChI is InChI=1S/C34H48BN3O6/c1-32(2,3)19-23(20-36)30(39)38-15-9-8-10-25(38)21-42-31(40)37-29(16-22-11-13-26(41-7)14-12-22)35-43-28-18-24-17-27(33(24,4)5)34(28,6)44-35/h11-14,19,24-25,27-29H,8-10,15-18,21H2,1-7H3,(H,37,40)/t24-,25?,27-,28+,29-,34-/m0/s1. The smallest absolute Gasteiger partial charge is 0.482 e. The van der Waals surface area contributed by atoms with Gasteiger partial charge in [-0.25, -0.2) is 4.79 Å². The van der Waals surface area contributed by atoms with Gasteiger partial charge in [0, 0.05) is 6.54 Å². The Hall–Kier alpha value is -3.03. The van der Waals surface area contributed by atoms with Crippen LogP contribution in [0.4, 0.5) is 4.79 Å². The van der Waals surface area contributed by atoms with E-state index in [1.807, 2.05) is 45.0 Å². The number of likely N-dealkylation sites (tertiary alicyclic amines) is 1. The van der Waals surface area contributed by atoms with Gasteiger partial charge in [-0.3, -0.25) is 4.79 Å². The summed E-state index contributed by atoms with van der Waals surface area (Å²) in [6, 6.07) is 9.54. The number of allylic oxidation sites excluding steroid dienone is 1. The molecular formula is C34H48BN3O6. The lowest BCUT2D eigenvalue weighted by atomic mass is 9.43. The molecule has 3 saturated carbocycles. The number of nitriles is 1. The van der Waals surface area contributed by atoms with E-state index in [9.17, 15) is 14.9 Å². The Balaban J connectivity index is 1.27. The minimum absolute atomic E-state index is 0.0160. The third kappa shape index (κ3) is 6.50. The Labute approximate surface area is 262 Å². The van der Waals surface area contributed by atoms with Crippen molar-refractivity contribution < 1.29 is 28.4 Å². The normalized spacial score (nSPS) is 30.0. The Morgan fingerprint density at radius 2 is 1.93 bits per heavy atom. The van der Waals surface area contributed by atoms with Crippen LogP contribution in [0.25, 0.3) is 0 Å². The third-order valence-electron chi connectivity index (χ3n) is 10.4. The molecule has 44 heavy (non-hydrogen) atoms. The maximum Gasteiger partial charge on any atom is 0.482 e. The van der Waals surface area contributed by atoms with Gasteiger partial charge < -0.3 is 29.0 Å². The molecule has 5 fully saturated rings. The van der Waals surface area contributed by atoms with Gasteiger partial charge in [0.05, 0.1) is 30.8 Å². The fourth-order valence-corrected chi connectivity index (χ4v) is 7.84. The number of benzene rings is 1. The minimum Gasteiger partial charge on any atom is -0.497 e. The number of carbonyl (C=O) groups is 2. The van der Waals surface area contributed by atoms with Gasteiger partial charge in [-0.15, -0.1) is 0 Å². The summed E-state index contributed by atoms with van der Waals surface area (Å²) >= 11 is 0. The van der Waals surface area contributed by atoms with Crippen LogP contribution in [0.15, 0.2) is 35.9 Å². The van der Waals surface area contributed by atoms with Crippen molar-refractivity contribution in [2.24, 2.45) is 22.7 Å². The Kier molecular flexibility index (Phi) is 9.12. The van der Waals surface area contributed by atoms with Crippen LogP contribution >= 0.6 is 0 Å². The van der Waals surface area contributed by atoms with Crippen molar-refractivity contribution in [3.8, 4) is 11.8 Å². The monoisotopic (exact) mass is 605 g/mol. The SMILES string of the molecule is COc1ccc(C[C@H](NC(=O)OCC2CCCCN2C(=O)C(C#N)=CC(C)(C)C)B2O[C@@H]3C[C@@H]4C[C@@H](C4(C)C)[C@]3(C)O2)cc1. The molecule has 1 N–H and O–H groups in total. The van der Waals surface area contributed by atoms with E-state index in [2.05, 4.69) is 32.2 Å². The average molecular weight is 606 g/mol. The van der Waals surface area contributed by atoms with Crippen LogP contribution in [0, 0.1) is 34.0 Å². The summed E-state index contributed by atoms with van der Waals surface area (Å²) in [5.41, 5.74) is 0.620. The molecule has 0 spiro atoms. The molecule has 0 radical (unpaired) electrons. The number of nitrogens with one attached hydrogen (secondary N) is 1. The molecule has 2 amide bonds. The number of methoxy groups -OCH3 is 1. The van der Waals surface area contributed by atoms with E-state index in [1.165, 1.54) is 0 Å². The van der Waals surface area contributed by atoms with Gasteiger partial charge in [0.1, 0.15) is 24.0 Å². The number of amides is 2. The van der Waals surface area contributed by atoms with E-state index in [-0.39, 0.29) is 41.1 Å². The van der Waals surface area contributed by atoms with Crippen LogP contribution in [0.1, 0.15) is 79.2 Å². The summed E-state index contributed by atoms with van der Waals surface area (Å²) in [5.74, 6) is 0.987. The van der Waals surface area contributed by atoms with Gasteiger partial charge in [0.15, 0.2) is 0 Å². The lowest BCUT2D eigenvalue weighted by Gasteiger charge is -2.64. The van der Waals surface area contributed by atoms with E-state index in [4.69, 9.17) is 18.8 Å². The largest absolute Gasteiger partial charge is 0.497 e. The molecule has 1 unspecified atom stereocenters. The second kappa shape index (κ2) is 12.4. The molecule has 6 rings (SSSR count). The Morgan fingerprint density at radius 1 is 1.20 bits per heavy atom. The zero-order valence-corrected chi connectivity index (χ0v) is 27.4. The summed E-state index contributed by atoms with van der Waals surface area (Å²) in [6.07, 6.45) is 6.18. The van der Waals surface area contributed by atoms with E-state index in [0.717, 1.165) is 37.0 Å². The van der Waals surface area contributed by atoms with Crippen LogP contribution in [0.2, 0.25) is 0 Å². The van der Waals surface area contributed by atoms with Gasteiger partial charge in [0.2, 0.25) is 0 Å². The van der Waals surface area contributed by atoms with E-state index >= 15 is 0 Å². The zero-order valence-electron chi connectivity index (χ0n) is 27.4. The molecule has 3 aliphatic carbocycles. The van der Waals surface area contributed by atoms with Crippen molar-refractivity contribution in [1.82, 2.24) is 10.2 Å². The zero-order chi connectivity index (χ0) is 31.9. The van der Waals surface area contributed by atoms with Crippen LogP contribution in [-0.2, 0) is 25.3 Å². The molecule has 2 bridgehead atoms. The molecule has 2 heterocycles. The highest BCUT2D eigenvalue weighted by Crippen LogP contribution is 2.65. The number of nitrogens with zero attached hydrogens (tertiary/aromatic N) is 2. The van der Waals surface area contributed by atoms with Gasteiger partial charge in [0.25, 0.3) is 5.91 Å². The third-order valence-corrected chi connectivity index (χ3v) is 10.4. The molecule has 0 aromatic heterocycles. The van der Waals surface area contributed by atoms with Gasteiger partial charge in [-0.1, -0.05) is 52.8 Å². The molecule has 238 valence electrons. The second-order valence-electron chi connectivity index (χ2n) is 14.9. The molecule has 10 heteroatoms. The quantitative estimate of drug-likeness (QED) is 0.238. The van der Waals surface area contributed by atoms with E-state index in [0.29, 0.717) is 31.2 Å². The number of alkyl carbamates (subject to hydrolysis) is 1. The number of piperidine rings is 1. The van der Waals surface area contributed by atoms with Gasteiger partial charge in [-0.05, 0) is 85.8 Å². The summed E-state index contributed by atoms with van der Waals surface area (Å²) in [6.45, 7) is 13.3. The summed E-state index contributed by atoms with van der Waals surface area (Å²) in [5, 5.41) is 12.8. The van der Waals surface area contributed by atoms with Crippen molar-refractivity contribution >= 4 is 19.1 Å². The van der Waals surface area contributed by atoms with Crippen molar-refractivity contribution in [3.05, 3.63) is 41.5 Å². The molecule has 1 aromatic carbocycles. The average Bonchev–Trinajstić information content (AvgIpc) is 3.35. The predicted octanol–water partition coefficient (Wildman–Crippen LogP) is 5.48. The molecular weight excluding hydrogens is 557 g/mol. The topological polar surface area (TPSA) is 110 Å². The van der Waals surface area contributed by atoms with Crippen molar-refractivity contribution in [1.29, 1.82) is 5.26 Å². The lowest BCUT2D eigenvalue weighted by Crippen LogP contribution is -2.65. The highest BCUT2D eigenvalue weighted by Gasteiger charge is 2.68. The first-order chi connectivity index (χ1) is 20.7. The van der Waals surface area contributed by atoms with Crippen LogP contribution < -0.4 is 10.1 Å². The van der Waals surface area contributed by atoms with E-state index in [1.54, 1.807) is 18.1 Å². The van der Waals surface area contributed by atoms with Crippen molar-refractivity contribution in [2.45, 2.75) is 104 Å². The summed E-state index contributed by atoms with van der Waals surface area (Å²) < 4.78 is 24.4. The van der Waals surface area contributed by atoms with Crippen LogP contribution in [0.3, 0.4) is 0 Å². The molecule has 5 aliphatic rings. The van der Waals surface area contributed by atoms with Crippen LogP contribution in [-0.4, -0.2) is 68.0 Å². The maximum atomic E-state index is 13.3. The fraction of sp³-hybridized carbons (Fsp3) is 0.676. The predicted molar refractivity (Wildman–Crippen MR) is 168 cm³/mol. The first-order valence-electron chi connectivity index (χ1n) is 16.1. The molecule has 2 saturated heterocycles. The number of hydrogen-bond donors (Lipinski definition) is 1. The Morgan fingerprint density at radius 3 is 2.57 bits per heavy atom. The molecule has 6 atom stereocenters. The summed E-state index contributed by atoms with van der Waals surface area (Å²) in [4.78, 5) is 28.4. The number of carbonyl (C=O) groups excluding carboxylic acids is 2. The van der Waals surface area contributed by atoms with Crippen molar-refractivity contribution in [3.63, 3.8) is 0 Å². The fourth-order valence-electron chi connectivity index (χ4n) is 7.84. The molecule has 9 nitrogen and oxygen atoms in total. The molecule has 1 aromatic rings. The Bertz CT molecular complexity index is 1300.